The molecule has 2 amide bonds. The molecule has 0 spiro atoms. The molecule has 8 nitrogen and oxygen atoms in total. The van der Waals surface area contributed by atoms with E-state index in [4.69, 9.17) is 0 Å². The molecule has 0 radical (unpaired) electrons. The molecule has 3 aromatic rings. The number of nitrogens with one attached hydrogen (secondary N) is 1. The summed E-state index contributed by atoms with van der Waals surface area (Å²) in [6.45, 7) is 5.40. The van der Waals surface area contributed by atoms with Crippen molar-refractivity contribution in [1.29, 1.82) is 0 Å². The SMILES string of the molecule is Cc1cc(C)n(C2CCN(C(=O)Nc3cc(-c4ccccn4)nn3C)C2)n1. The van der Waals surface area contributed by atoms with E-state index in [0.29, 0.717) is 18.9 Å². The first-order chi connectivity index (χ1) is 13.0. The molecule has 27 heavy (non-hydrogen) atoms. The molecule has 0 aliphatic carbocycles. The van der Waals surface area contributed by atoms with Gasteiger partial charge in [0.2, 0.25) is 0 Å². The van der Waals surface area contributed by atoms with E-state index in [2.05, 4.69) is 33.5 Å². The maximum atomic E-state index is 12.7. The molecule has 140 valence electrons. The lowest BCUT2D eigenvalue weighted by molar-refractivity contribution is 0.220. The Morgan fingerprint density at radius 3 is 2.74 bits per heavy atom. The van der Waals surface area contributed by atoms with Gasteiger partial charge in [0.15, 0.2) is 0 Å². The fourth-order valence-electron chi connectivity index (χ4n) is 3.55. The van der Waals surface area contributed by atoms with Crippen molar-refractivity contribution < 1.29 is 4.79 Å². The van der Waals surface area contributed by atoms with Gasteiger partial charge in [-0.1, -0.05) is 6.07 Å². The summed E-state index contributed by atoms with van der Waals surface area (Å²) in [7, 11) is 1.81. The highest BCUT2D eigenvalue weighted by molar-refractivity contribution is 5.89. The van der Waals surface area contributed by atoms with Crippen molar-refractivity contribution in [2.45, 2.75) is 26.3 Å². The van der Waals surface area contributed by atoms with Crippen molar-refractivity contribution in [3.8, 4) is 11.4 Å². The smallest absolute Gasteiger partial charge is 0.322 e. The van der Waals surface area contributed by atoms with Crippen LogP contribution in [0.4, 0.5) is 10.6 Å². The molecular formula is C19H23N7O. The van der Waals surface area contributed by atoms with E-state index in [0.717, 1.165) is 29.2 Å². The molecule has 4 rings (SSSR count). The third kappa shape index (κ3) is 3.42. The van der Waals surface area contributed by atoms with Crippen LogP contribution in [0.15, 0.2) is 36.5 Å². The van der Waals surface area contributed by atoms with Crippen LogP contribution in [0.25, 0.3) is 11.4 Å². The van der Waals surface area contributed by atoms with Crippen molar-refractivity contribution >= 4 is 11.8 Å². The van der Waals surface area contributed by atoms with Crippen LogP contribution >= 0.6 is 0 Å². The van der Waals surface area contributed by atoms with Gasteiger partial charge >= 0.3 is 6.03 Å². The molecular weight excluding hydrogens is 342 g/mol. The van der Waals surface area contributed by atoms with Gasteiger partial charge in [0.05, 0.1) is 17.4 Å². The van der Waals surface area contributed by atoms with Crippen molar-refractivity contribution in [2.75, 3.05) is 18.4 Å². The van der Waals surface area contributed by atoms with Gasteiger partial charge in [-0.25, -0.2) is 4.79 Å². The number of nitrogens with zero attached hydrogens (tertiary/aromatic N) is 6. The normalized spacial score (nSPS) is 16.7. The number of hydrogen-bond acceptors (Lipinski definition) is 4. The number of hydrogen-bond donors (Lipinski definition) is 1. The van der Waals surface area contributed by atoms with Crippen molar-refractivity contribution in [2.24, 2.45) is 7.05 Å². The number of pyridine rings is 1. The van der Waals surface area contributed by atoms with Gasteiger partial charge in [-0.15, -0.1) is 0 Å². The molecule has 8 heteroatoms. The highest BCUT2D eigenvalue weighted by Crippen LogP contribution is 2.24. The van der Waals surface area contributed by atoms with Gasteiger partial charge in [-0.05, 0) is 38.5 Å². The van der Waals surface area contributed by atoms with E-state index in [-0.39, 0.29) is 12.1 Å². The van der Waals surface area contributed by atoms with Gasteiger partial charge in [0.1, 0.15) is 11.5 Å². The molecule has 1 saturated heterocycles. The van der Waals surface area contributed by atoms with E-state index >= 15 is 0 Å². The number of likely N-dealkylation sites (tertiary alicyclic amines) is 1. The van der Waals surface area contributed by atoms with Crippen LogP contribution < -0.4 is 5.32 Å². The average molecular weight is 365 g/mol. The van der Waals surface area contributed by atoms with Gasteiger partial charge in [0.25, 0.3) is 0 Å². The van der Waals surface area contributed by atoms with Crippen LogP contribution in [0.5, 0.6) is 0 Å². The van der Waals surface area contributed by atoms with E-state index in [9.17, 15) is 4.79 Å². The summed E-state index contributed by atoms with van der Waals surface area (Å²) in [5, 5.41) is 12.0. The first-order valence-electron chi connectivity index (χ1n) is 9.05. The number of amides is 2. The van der Waals surface area contributed by atoms with E-state index in [1.807, 2.05) is 47.8 Å². The number of rotatable bonds is 3. The summed E-state index contributed by atoms with van der Waals surface area (Å²) in [4.78, 5) is 18.8. The molecule has 1 unspecified atom stereocenters. The van der Waals surface area contributed by atoms with Crippen LogP contribution in [0, 0.1) is 13.8 Å². The second-order valence-electron chi connectivity index (χ2n) is 6.94. The Hall–Kier alpha value is -3.16. The van der Waals surface area contributed by atoms with Gasteiger partial charge in [-0.2, -0.15) is 10.2 Å². The number of urea groups is 1. The van der Waals surface area contributed by atoms with Crippen LogP contribution in [0.1, 0.15) is 23.9 Å². The van der Waals surface area contributed by atoms with E-state index in [1.165, 1.54) is 0 Å². The zero-order valence-electron chi connectivity index (χ0n) is 15.8. The molecule has 0 aromatic carbocycles. The summed E-state index contributed by atoms with van der Waals surface area (Å²) in [6.07, 6.45) is 2.63. The molecule has 1 N–H and O–H groups in total. The van der Waals surface area contributed by atoms with Crippen LogP contribution in [0.3, 0.4) is 0 Å². The Morgan fingerprint density at radius 1 is 1.19 bits per heavy atom. The topological polar surface area (TPSA) is 80.9 Å². The zero-order chi connectivity index (χ0) is 19.0. The predicted octanol–water partition coefficient (Wildman–Crippen LogP) is 2.77. The Labute approximate surface area is 157 Å². The number of anilines is 1. The maximum absolute atomic E-state index is 12.7. The number of carbonyl (C=O) groups is 1. The Morgan fingerprint density at radius 2 is 2.04 bits per heavy atom. The summed E-state index contributed by atoms with van der Waals surface area (Å²) in [5.41, 5.74) is 3.65. The van der Waals surface area contributed by atoms with Crippen molar-refractivity contribution in [3.63, 3.8) is 0 Å². The van der Waals surface area contributed by atoms with E-state index < -0.39 is 0 Å². The maximum Gasteiger partial charge on any atom is 0.323 e. The van der Waals surface area contributed by atoms with Gasteiger partial charge in [0, 0.05) is 38.1 Å². The lowest BCUT2D eigenvalue weighted by atomic mass is 10.2. The standard InChI is InChI=1S/C19H23N7O/c1-13-10-14(2)26(22-13)15-7-9-25(12-15)19(27)21-18-11-17(23-24(18)3)16-6-4-5-8-20-16/h4-6,8,10-11,15H,7,9,12H2,1-3H3,(H,21,27). The quantitative estimate of drug-likeness (QED) is 0.774. The van der Waals surface area contributed by atoms with Crippen LogP contribution in [-0.4, -0.2) is 48.6 Å². The highest BCUT2D eigenvalue weighted by Gasteiger charge is 2.29. The summed E-state index contributed by atoms with van der Waals surface area (Å²) >= 11 is 0. The van der Waals surface area contributed by atoms with E-state index in [1.54, 1.807) is 10.9 Å². The summed E-state index contributed by atoms with van der Waals surface area (Å²) < 4.78 is 3.70. The monoisotopic (exact) mass is 365 g/mol. The molecule has 1 fully saturated rings. The van der Waals surface area contributed by atoms with Gasteiger partial charge in [-0.3, -0.25) is 19.7 Å². The second-order valence-corrected chi connectivity index (χ2v) is 6.94. The second kappa shape index (κ2) is 6.86. The van der Waals surface area contributed by atoms with Crippen LogP contribution in [-0.2, 0) is 7.05 Å². The number of aromatic nitrogens is 5. The third-order valence-corrected chi connectivity index (χ3v) is 4.88. The summed E-state index contributed by atoms with van der Waals surface area (Å²) in [6, 6.07) is 9.69. The van der Waals surface area contributed by atoms with Crippen molar-refractivity contribution in [1.82, 2.24) is 29.4 Å². The highest BCUT2D eigenvalue weighted by atomic mass is 16.2. The molecule has 1 aliphatic rings. The zero-order valence-corrected chi connectivity index (χ0v) is 15.8. The summed E-state index contributed by atoms with van der Waals surface area (Å²) in [5.74, 6) is 0.648. The van der Waals surface area contributed by atoms with Crippen LogP contribution in [0.2, 0.25) is 0 Å². The third-order valence-electron chi connectivity index (χ3n) is 4.88. The molecule has 1 aliphatic heterocycles. The molecule has 1 atom stereocenters. The average Bonchev–Trinajstić information content (AvgIpc) is 3.35. The first kappa shape index (κ1) is 17.3. The first-order valence-corrected chi connectivity index (χ1v) is 9.05. The molecule has 0 bridgehead atoms. The fourth-order valence-corrected chi connectivity index (χ4v) is 3.55. The van der Waals surface area contributed by atoms with Gasteiger partial charge < -0.3 is 4.90 Å². The molecule has 4 heterocycles. The Bertz CT molecular complexity index is 960. The number of carbonyl (C=O) groups excluding carboxylic acids is 1. The lowest BCUT2D eigenvalue weighted by Gasteiger charge is -2.18. The minimum Gasteiger partial charge on any atom is -0.322 e. The largest absolute Gasteiger partial charge is 0.323 e. The van der Waals surface area contributed by atoms with Crippen molar-refractivity contribution in [3.05, 3.63) is 47.9 Å². The number of aryl methyl sites for hydroxylation is 3. The predicted molar refractivity (Wildman–Crippen MR) is 102 cm³/mol. The molecule has 0 saturated carbocycles. The minimum atomic E-state index is -0.116. The minimum absolute atomic E-state index is 0.116. The lowest BCUT2D eigenvalue weighted by Crippen LogP contribution is -2.34. The molecule has 3 aromatic heterocycles. The Kier molecular flexibility index (Phi) is 4.39. The Balaban J connectivity index is 1.44. The fraction of sp³-hybridized carbons (Fsp3) is 0.368.